The molecule has 1 N–H and O–H groups in total. The second kappa shape index (κ2) is 3.62. The lowest BCUT2D eigenvalue weighted by Crippen LogP contribution is -2.23. The van der Waals surface area contributed by atoms with Gasteiger partial charge in [0.15, 0.2) is 0 Å². The summed E-state index contributed by atoms with van der Waals surface area (Å²) in [4.78, 5) is 0. The molecule has 0 saturated carbocycles. The van der Waals surface area contributed by atoms with Crippen LogP contribution in [0.3, 0.4) is 0 Å². The number of nitrogens with one attached hydrogen (secondary N) is 1. The number of hydrogen-bond donors (Lipinski definition) is 1. The van der Waals surface area contributed by atoms with Crippen LogP contribution in [0.25, 0.3) is 0 Å². The average Bonchev–Trinajstić information content (AvgIpc) is 2.65. The Bertz CT molecular complexity index is 237. The van der Waals surface area contributed by atoms with Gasteiger partial charge in [-0.25, -0.2) is 0 Å². The lowest BCUT2D eigenvalue weighted by Gasteiger charge is -2.15. The van der Waals surface area contributed by atoms with Crippen LogP contribution in [0.2, 0.25) is 0 Å². The third-order valence-corrected chi connectivity index (χ3v) is 3.99. The van der Waals surface area contributed by atoms with Crippen molar-refractivity contribution >= 4 is 28.3 Å². The number of nitrogens with zero attached hydrogens (tertiary/aromatic N) is 2. The van der Waals surface area contributed by atoms with Crippen LogP contribution >= 0.6 is 23.3 Å². The Morgan fingerprint density at radius 3 is 3.17 bits per heavy atom. The van der Waals surface area contributed by atoms with Gasteiger partial charge in [-0.05, 0) is 12.2 Å². The molecule has 0 aromatic carbocycles. The van der Waals surface area contributed by atoms with Gasteiger partial charge in [-0.15, -0.1) is 5.10 Å². The lowest BCUT2D eigenvalue weighted by atomic mass is 10.2. The first-order valence-corrected chi connectivity index (χ1v) is 5.84. The maximum absolute atomic E-state index is 3.81. The van der Waals surface area contributed by atoms with Crippen molar-refractivity contribution < 1.29 is 0 Å². The highest BCUT2D eigenvalue weighted by Crippen LogP contribution is 2.29. The Hall–Kier alpha value is -0.290. The summed E-state index contributed by atoms with van der Waals surface area (Å²) in [6.07, 6.45) is 3.05. The Morgan fingerprint density at radius 1 is 1.67 bits per heavy atom. The highest BCUT2D eigenvalue weighted by atomic mass is 32.2. The molecule has 2 rings (SSSR count). The molecule has 12 heavy (non-hydrogen) atoms. The minimum Gasteiger partial charge on any atom is -0.370 e. The quantitative estimate of drug-likeness (QED) is 0.792. The van der Waals surface area contributed by atoms with Crippen LogP contribution in [0.4, 0.5) is 5.00 Å². The number of anilines is 1. The van der Waals surface area contributed by atoms with Crippen LogP contribution in [0.5, 0.6) is 0 Å². The van der Waals surface area contributed by atoms with E-state index in [1.807, 2.05) is 11.8 Å². The molecule has 0 amide bonds. The van der Waals surface area contributed by atoms with Gasteiger partial charge in [-0.1, -0.05) is 11.4 Å². The summed E-state index contributed by atoms with van der Waals surface area (Å²) < 4.78 is 3.81. The van der Waals surface area contributed by atoms with E-state index < -0.39 is 0 Å². The molecule has 66 valence electrons. The van der Waals surface area contributed by atoms with Crippen molar-refractivity contribution in [3.63, 3.8) is 0 Å². The Balaban J connectivity index is 1.95. The van der Waals surface area contributed by atoms with E-state index in [-0.39, 0.29) is 0 Å². The maximum Gasteiger partial charge on any atom is 0.130 e. The average molecular weight is 201 g/mol. The van der Waals surface area contributed by atoms with Gasteiger partial charge in [0, 0.05) is 22.8 Å². The third kappa shape index (κ3) is 1.72. The highest BCUT2D eigenvalue weighted by molar-refractivity contribution is 8.00. The first-order chi connectivity index (χ1) is 5.86. The van der Waals surface area contributed by atoms with Crippen molar-refractivity contribution in [2.75, 3.05) is 11.1 Å². The highest BCUT2D eigenvalue weighted by Gasteiger charge is 2.23. The summed E-state index contributed by atoms with van der Waals surface area (Å²) in [5.41, 5.74) is 0. The van der Waals surface area contributed by atoms with Gasteiger partial charge < -0.3 is 5.32 Å². The van der Waals surface area contributed by atoms with E-state index in [0.717, 1.165) is 5.00 Å². The van der Waals surface area contributed by atoms with E-state index in [1.54, 1.807) is 6.20 Å². The summed E-state index contributed by atoms with van der Waals surface area (Å²) in [6.45, 7) is 2.27. The van der Waals surface area contributed by atoms with Gasteiger partial charge in [0.05, 0.1) is 6.20 Å². The summed E-state index contributed by atoms with van der Waals surface area (Å²) >= 11 is 3.46. The predicted octanol–water partition coefficient (Wildman–Crippen LogP) is 1.84. The zero-order chi connectivity index (χ0) is 8.39. The Morgan fingerprint density at radius 2 is 2.58 bits per heavy atom. The fourth-order valence-corrected chi connectivity index (χ4v) is 3.01. The van der Waals surface area contributed by atoms with Crippen molar-refractivity contribution in [2.24, 2.45) is 0 Å². The standard InChI is InChI=1S/C7H11N3S2/c1-5-6(2-3-11-5)9-7-4-8-10-12-7/h4-6,9H,2-3H2,1H3. The van der Waals surface area contributed by atoms with Gasteiger partial charge >= 0.3 is 0 Å². The second-order valence-electron chi connectivity index (χ2n) is 2.90. The minimum absolute atomic E-state index is 0.609. The van der Waals surface area contributed by atoms with Gasteiger partial charge in [0.25, 0.3) is 0 Å². The van der Waals surface area contributed by atoms with Crippen molar-refractivity contribution in [3.05, 3.63) is 6.20 Å². The van der Waals surface area contributed by atoms with E-state index >= 15 is 0 Å². The Kier molecular flexibility index (Phi) is 2.51. The molecule has 2 heterocycles. The zero-order valence-corrected chi connectivity index (χ0v) is 8.49. The zero-order valence-electron chi connectivity index (χ0n) is 6.86. The van der Waals surface area contributed by atoms with Crippen molar-refractivity contribution in [1.82, 2.24) is 9.59 Å². The molecule has 1 saturated heterocycles. The number of aromatic nitrogens is 2. The Labute approximate surface area is 80.1 Å². The summed E-state index contributed by atoms with van der Waals surface area (Å²) in [7, 11) is 0. The second-order valence-corrected chi connectivity index (χ2v) is 5.17. The van der Waals surface area contributed by atoms with E-state index in [1.165, 1.54) is 23.7 Å². The lowest BCUT2D eigenvalue weighted by molar-refractivity contribution is 0.726. The fourth-order valence-electron chi connectivity index (χ4n) is 1.33. The normalized spacial score (nSPS) is 29.1. The molecule has 5 heteroatoms. The largest absolute Gasteiger partial charge is 0.370 e. The molecule has 2 atom stereocenters. The van der Waals surface area contributed by atoms with Crippen molar-refractivity contribution in [1.29, 1.82) is 0 Å². The first kappa shape index (κ1) is 8.31. The van der Waals surface area contributed by atoms with E-state index in [9.17, 15) is 0 Å². The molecular formula is C7H11N3S2. The molecule has 1 aromatic rings. The molecule has 1 aliphatic heterocycles. The maximum atomic E-state index is 3.81. The number of hydrogen-bond acceptors (Lipinski definition) is 5. The summed E-state index contributed by atoms with van der Waals surface area (Å²) in [5.74, 6) is 1.27. The van der Waals surface area contributed by atoms with Gasteiger partial charge in [0.2, 0.25) is 0 Å². The van der Waals surface area contributed by atoms with Crippen molar-refractivity contribution in [3.8, 4) is 0 Å². The van der Waals surface area contributed by atoms with Gasteiger partial charge in [-0.2, -0.15) is 11.8 Å². The summed E-state index contributed by atoms with van der Waals surface area (Å²) in [6, 6.07) is 0.609. The van der Waals surface area contributed by atoms with Crippen LogP contribution in [-0.2, 0) is 0 Å². The monoisotopic (exact) mass is 201 g/mol. The molecule has 0 bridgehead atoms. The SMILES string of the molecule is CC1SCCC1Nc1cnns1. The third-order valence-electron chi connectivity index (χ3n) is 2.07. The van der Waals surface area contributed by atoms with E-state index in [0.29, 0.717) is 11.3 Å². The number of rotatable bonds is 2. The molecule has 0 aliphatic carbocycles. The van der Waals surface area contributed by atoms with Crippen LogP contribution < -0.4 is 5.32 Å². The van der Waals surface area contributed by atoms with Crippen molar-refractivity contribution in [2.45, 2.75) is 24.6 Å². The molecule has 1 fully saturated rings. The molecule has 0 spiro atoms. The van der Waals surface area contributed by atoms with E-state index in [2.05, 4.69) is 21.8 Å². The topological polar surface area (TPSA) is 37.8 Å². The van der Waals surface area contributed by atoms with Crippen LogP contribution in [-0.4, -0.2) is 26.6 Å². The fraction of sp³-hybridized carbons (Fsp3) is 0.714. The van der Waals surface area contributed by atoms with Crippen LogP contribution in [0.1, 0.15) is 13.3 Å². The van der Waals surface area contributed by atoms with Gasteiger partial charge in [-0.3, -0.25) is 0 Å². The molecule has 0 radical (unpaired) electrons. The van der Waals surface area contributed by atoms with Gasteiger partial charge in [0.1, 0.15) is 5.00 Å². The van der Waals surface area contributed by atoms with Crippen LogP contribution in [0.15, 0.2) is 6.20 Å². The van der Waals surface area contributed by atoms with E-state index in [4.69, 9.17) is 0 Å². The molecule has 1 aromatic heterocycles. The number of thioether (sulfide) groups is 1. The molecule has 2 unspecified atom stereocenters. The predicted molar refractivity (Wildman–Crippen MR) is 53.9 cm³/mol. The van der Waals surface area contributed by atoms with Crippen LogP contribution in [0, 0.1) is 0 Å². The molecule has 3 nitrogen and oxygen atoms in total. The molecule has 1 aliphatic rings. The molecular weight excluding hydrogens is 190 g/mol. The summed E-state index contributed by atoms with van der Waals surface area (Å²) in [5, 5.41) is 9.04. The smallest absolute Gasteiger partial charge is 0.130 e. The minimum atomic E-state index is 0.609. The first-order valence-electron chi connectivity index (χ1n) is 4.02.